The van der Waals surface area contributed by atoms with Crippen LogP contribution in [0.15, 0.2) is 24.3 Å². The van der Waals surface area contributed by atoms with Crippen molar-refractivity contribution >= 4 is 34.8 Å². The van der Waals surface area contributed by atoms with Gasteiger partial charge in [0, 0.05) is 29.7 Å². The van der Waals surface area contributed by atoms with E-state index in [1.807, 2.05) is 0 Å². The molecule has 0 radical (unpaired) electrons. The number of hydrogen-bond donors (Lipinski definition) is 1. The van der Waals surface area contributed by atoms with Gasteiger partial charge in [0.25, 0.3) is 5.91 Å². The van der Waals surface area contributed by atoms with Crippen molar-refractivity contribution in [2.45, 2.75) is 0 Å². The van der Waals surface area contributed by atoms with Crippen LogP contribution in [-0.4, -0.2) is 61.8 Å². The molecular formula is C16H13Cl2N5O3. The molecule has 0 unspecified atom stereocenters. The molecule has 0 saturated carbocycles. The van der Waals surface area contributed by atoms with Crippen LogP contribution in [0, 0.1) is 0 Å². The summed E-state index contributed by atoms with van der Waals surface area (Å²) < 4.78 is 6.35. The van der Waals surface area contributed by atoms with Crippen molar-refractivity contribution in [3.63, 3.8) is 0 Å². The van der Waals surface area contributed by atoms with Gasteiger partial charge < -0.3 is 14.7 Å². The van der Waals surface area contributed by atoms with E-state index in [1.54, 1.807) is 29.2 Å². The van der Waals surface area contributed by atoms with Crippen molar-refractivity contribution in [2.24, 2.45) is 0 Å². The van der Waals surface area contributed by atoms with Gasteiger partial charge in [-0.3, -0.25) is 4.79 Å². The lowest BCUT2D eigenvalue weighted by atomic mass is 10.1. The molecule has 4 rings (SSSR count). The molecule has 1 aliphatic rings. The van der Waals surface area contributed by atoms with E-state index in [9.17, 15) is 9.90 Å². The molecule has 1 aromatic carbocycles. The lowest BCUT2D eigenvalue weighted by Crippen LogP contribution is -2.41. The maximum Gasteiger partial charge on any atom is 0.317 e. The topological polar surface area (TPSA) is 92.8 Å². The summed E-state index contributed by atoms with van der Waals surface area (Å²) in [6.45, 7) is 1.91. The monoisotopic (exact) mass is 393 g/mol. The number of nitrogens with zero attached hydrogens (tertiary/aromatic N) is 5. The van der Waals surface area contributed by atoms with Crippen LogP contribution < -0.4 is 0 Å². The van der Waals surface area contributed by atoms with E-state index in [0.29, 0.717) is 47.6 Å². The van der Waals surface area contributed by atoms with Crippen LogP contribution >= 0.6 is 23.2 Å². The highest BCUT2D eigenvalue weighted by atomic mass is 35.5. The third-order valence-electron chi connectivity index (χ3n) is 4.00. The first kappa shape index (κ1) is 17.0. The van der Waals surface area contributed by atoms with E-state index in [-0.39, 0.29) is 17.4 Å². The smallest absolute Gasteiger partial charge is 0.317 e. The maximum absolute atomic E-state index is 12.5. The highest BCUT2D eigenvalue weighted by Crippen LogP contribution is 2.30. The Morgan fingerprint density at radius 1 is 1.15 bits per heavy atom. The van der Waals surface area contributed by atoms with E-state index < -0.39 is 6.01 Å². The summed E-state index contributed by atoms with van der Waals surface area (Å²) in [6.07, 6.45) is 0. The van der Waals surface area contributed by atoms with Gasteiger partial charge in [-0.2, -0.15) is 9.50 Å². The number of aromatic nitrogens is 4. The van der Waals surface area contributed by atoms with Gasteiger partial charge in [0.1, 0.15) is 0 Å². The SMILES string of the molecule is O=C(c1nc2cc(-c3ccc(Cl)cc3Cl)nc(O)n2n1)N1CCOCC1. The van der Waals surface area contributed by atoms with Crippen LogP contribution in [0.3, 0.4) is 0 Å². The Morgan fingerprint density at radius 3 is 2.65 bits per heavy atom. The Bertz CT molecular complexity index is 1000. The maximum atomic E-state index is 12.5. The molecule has 0 spiro atoms. The zero-order valence-corrected chi connectivity index (χ0v) is 14.9. The molecule has 26 heavy (non-hydrogen) atoms. The van der Waals surface area contributed by atoms with Crippen LogP contribution in [0.4, 0.5) is 0 Å². The summed E-state index contributed by atoms with van der Waals surface area (Å²) in [5, 5.41) is 15.1. The van der Waals surface area contributed by atoms with Gasteiger partial charge in [-0.25, -0.2) is 4.98 Å². The zero-order valence-electron chi connectivity index (χ0n) is 13.4. The summed E-state index contributed by atoms with van der Waals surface area (Å²) in [6, 6.07) is 6.15. The fraction of sp³-hybridized carbons (Fsp3) is 0.250. The molecule has 1 fully saturated rings. The summed E-state index contributed by atoms with van der Waals surface area (Å²) >= 11 is 12.1. The highest BCUT2D eigenvalue weighted by molar-refractivity contribution is 6.36. The number of hydrogen-bond acceptors (Lipinski definition) is 6. The van der Waals surface area contributed by atoms with Gasteiger partial charge in [-0.05, 0) is 18.2 Å². The molecule has 1 N–H and O–H groups in total. The number of fused-ring (bicyclic) bond motifs is 1. The Labute approximate surface area is 157 Å². The van der Waals surface area contributed by atoms with Gasteiger partial charge in [0.05, 0.1) is 23.9 Å². The summed E-state index contributed by atoms with van der Waals surface area (Å²) in [5.74, 6) is -0.328. The largest absolute Gasteiger partial charge is 0.479 e. The molecule has 1 aliphatic heterocycles. The van der Waals surface area contributed by atoms with Crippen LogP contribution in [0.2, 0.25) is 10.0 Å². The lowest BCUT2D eigenvalue weighted by molar-refractivity contribution is 0.0295. The predicted octanol–water partition coefficient (Wildman–Crippen LogP) is 2.28. The van der Waals surface area contributed by atoms with Crippen molar-refractivity contribution in [3.05, 3.63) is 40.1 Å². The highest BCUT2D eigenvalue weighted by Gasteiger charge is 2.23. The van der Waals surface area contributed by atoms with Crippen LogP contribution in [-0.2, 0) is 4.74 Å². The lowest BCUT2D eigenvalue weighted by Gasteiger charge is -2.25. The molecule has 1 amide bonds. The van der Waals surface area contributed by atoms with E-state index in [0.717, 1.165) is 4.52 Å². The second-order valence-corrected chi connectivity index (χ2v) is 6.52. The van der Waals surface area contributed by atoms with Crippen molar-refractivity contribution in [1.29, 1.82) is 0 Å². The molecule has 1 saturated heterocycles. The predicted molar refractivity (Wildman–Crippen MR) is 94.6 cm³/mol. The van der Waals surface area contributed by atoms with Gasteiger partial charge >= 0.3 is 6.01 Å². The van der Waals surface area contributed by atoms with E-state index >= 15 is 0 Å². The Kier molecular flexibility index (Phi) is 4.39. The molecule has 0 bridgehead atoms. The number of carbonyl (C=O) groups excluding carboxylic acids is 1. The molecule has 8 nitrogen and oxygen atoms in total. The number of aromatic hydroxyl groups is 1. The van der Waals surface area contributed by atoms with Crippen LogP contribution in [0.5, 0.6) is 6.01 Å². The molecule has 0 aliphatic carbocycles. The Morgan fingerprint density at radius 2 is 1.92 bits per heavy atom. The fourth-order valence-corrected chi connectivity index (χ4v) is 3.21. The van der Waals surface area contributed by atoms with E-state index in [2.05, 4.69) is 15.1 Å². The molecule has 134 valence electrons. The van der Waals surface area contributed by atoms with Gasteiger partial charge in [0.2, 0.25) is 5.82 Å². The summed E-state index contributed by atoms with van der Waals surface area (Å²) in [5.41, 5.74) is 1.27. The quantitative estimate of drug-likeness (QED) is 0.717. The standard InChI is InChI=1S/C16H13Cl2N5O3/c17-9-1-2-10(11(18)7-9)12-8-13-20-14(21-23(13)16(25)19-12)15(24)22-3-5-26-6-4-22/h1-2,7-8H,3-6H2,(H,19,25). The molecule has 10 heteroatoms. The average Bonchev–Trinajstić information content (AvgIpc) is 3.06. The average molecular weight is 394 g/mol. The number of amides is 1. The molecule has 2 aromatic heterocycles. The summed E-state index contributed by atoms with van der Waals surface area (Å²) in [4.78, 5) is 22.5. The van der Waals surface area contributed by atoms with E-state index in [4.69, 9.17) is 27.9 Å². The third kappa shape index (κ3) is 3.07. The van der Waals surface area contributed by atoms with Crippen molar-refractivity contribution in [2.75, 3.05) is 26.3 Å². The third-order valence-corrected chi connectivity index (χ3v) is 4.55. The molecule has 0 atom stereocenters. The minimum atomic E-state index is -0.392. The number of rotatable bonds is 2. The molecule has 3 heterocycles. The van der Waals surface area contributed by atoms with Crippen molar-refractivity contribution in [1.82, 2.24) is 24.5 Å². The Balaban J connectivity index is 1.74. The first-order valence-corrected chi connectivity index (χ1v) is 8.58. The molecule has 3 aromatic rings. The van der Waals surface area contributed by atoms with Gasteiger partial charge in [0.15, 0.2) is 5.65 Å². The Hall–Kier alpha value is -2.42. The minimum Gasteiger partial charge on any atom is -0.479 e. The number of benzene rings is 1. The van der Waals surface area contributed by atoms with Crippen molar-refractivity contribution < 1.29 is 14.6 Å². The summed E-state index contributed by atoms with van der Waals surface area (Å²) in [7, 11) is 0. The first-order chi connectivity index (χ1) is 12.5. The first-order valence-electron chi connectivity index (χ1n) is 7.82. The zero-order chi connectivity index (χ0) is 18.3. The van der Waals surface area contributed by atoms with E-state index in [1.165, 1.54) is 0 Å². The fourth-order valence-electron chi connectivity index (χ4n) is 2.71. The van der Waals surface area contributed by atoms with Gasteiger partial charge in [-0.1, -0.05) is 23.2 Å². The number of halogens is 2. The molecular weight excluding hydrogens is 381 g/mol. The number of carbonyl (C=O) groups is 1. The minimum absolute atomic E-state index is 0.0108. The van der Waals surface area contributed by atoms with Gasteiger partial charge in [-0.15, -0.1) is 5.10 Å². The number of morpholine rings is 1. The second-order valence-electron chi connectivity index (χ2n) is 5.68. The normalized spacial score (nSPS) is 14.8. The van der Waals surface area contributed by atoms with Crippen LogP contribution in [0.25, 0.3) is 16.9 Å². The van der Waals surface area contributed by atoms with Crippen molar-refractivity contribution in [3.8, 4) is 17.3 Å². The second kappa shape index (κ2) is 6.71. The van der Waals surface area contributed by atoms with Crippen LogP contribution in [0.1, 0.15) is 10.6 Å². The number of ether oxygens (including phenoxy) is 1.